The van der Waals surface area contributed by atoms with Gasteiger partial charge in [0.05, 0.1) is 18.1 Å². The third kappa shape index (κ3) is 4.31. The van der Waals surface area contributed by atoms with Crippen LogP contribution in [0.25, 0.3) is 0 Å². The lowest BCUT2D eigenvalue weighted by Crippen LogP contribution is -2.02. The molecular weight excluding hydrogens is 258 g/mol. The van der Waals surface area contributed by atoms with E-state index < -0.39 is 0 Å². The van der Waals surface area contributed by atoms with Gasteiger partial charge in [0.2, 0.25) is 0 Å². The molecule has 0 fully saturated rings. The molecule has 1 heterocycles. The number of hydrogen-bond acceptors (Lipinski definition) is 2. The third-order valence-corrected chi connectivity index (χ3v) is 2.68. The number of alkyl halides is 1. The van der Waals surface area contributed by atoms with Gasteiger partial charge in [-0.3, -0.25) is 4.98 Å². The van der Waals surface area contributed by atoms with Crippen molar-refractivity contribution >= 4 is 11.6 Å². The molecule has 0 spiro atoms. The number of aromatic nitrogens is 1. The van der Waals surface area contributed by atoms with Gasteiger partial charge in [0.1, 0.15) is 5.75 Å². The SMILES string of the molecule is ClCC#Cc1ccccc1OCCc1cccnc1. The fourth-order valence-corrected chi connectivity index (χ4v) is 1.72. The molecule has 3 heteroatoms. The van der Waals surface area contributed by atoms with Crippen molar-refractivity contribution in [1.29, 1.82) is 0 Å². The number of para-hydroxylation sites is 1. The van der Waals surface area contributed by atoms with E-state index in [2.05, 4.69) is 16.8 Å². The topological polar surface area (TPSA) is 22.1 Å². The number of benzene rings is 1. The minimum Gasteiger partial charge on any atom is -0.492 e. The number of nitrogens with zero attached hydrogens (tertiary/aromatic N) is 1. The molecule has 1 aromatic carbocycles. The highest BCUT2D eigenvalue weighted by atomic mass is 35.5. The Labute approximate surface area is 118 Å². The minimum atomic E-state index is 0.323. The summed E-state index contributed by atoms with van der Waals surface area (Å²) in [7, 11) is 0. The van der Waals surface area contributed by atoms with E-state index in [9.17, 15) is 0 Å². The van der Waals surface area contributed by atoms with Crippen molar-refractivity contribution in [2.24, 2.45) is 0 Å². The predicted octanol–water partition coefficient (Wildman–Crippen LogP) is 3.29. The van der Waals surface area contributed by atoms with Gasteiger partial charge in [-0.25, -0.2) is 0 Å². The van der Waals surface area contributed by atoms with E-state index in [0.29, 0.717) is 12.5 Å². The zero-order chi connectivity index (χ0) is 13.3. The van der Waals surface area contributed by atoms with Crippen LogP contribution >= 0.6 is 11.6 Å². The van der Waals surface area contributed by atoms with Crippen molar-refractivity contribution in [2.45, 2.75) is 6.42 Å². The molecule has 2 aromatic rings. The van der Waals surface area contributed by atoms with Crippen molar-refractivity contribution in [3.05, 3.63) is 59.9 Å². The molecule has 96 valence electrons. The lowest BCUT2D eigenvalue weighted by atomic mass is 10.2. The highest BCUT2D eigenvalue weighted by Crippen LogP contribution is 2.16. The Bertz CT molecular complexity index is 572. The molecule has 1 aromatic heterocycles. The van der Waals surface area contributed by atoms with Crippen LogP contribution < -0.4 is 4.74 Å². The van der Waals surface area contributed by atoms with Gasteiger partial charge in [0.15, 0.2) is 0 Å². The van der Waals surface area contributed by atoms with Crippen molar-refractivity contribution in [3.8, 4) is 17.6 Å². The molecule has 0 saturated heterocycles. The van der Waals surface area contributed by atoms with Crippen LogP contribution in [0.2, 0.25) is 0 Å². The highest BCUT2D eigenvalue weighted by Gasteiger charge is 2.00. The van der Waals surface area contributed by atoms with E-state index in [0.717, 1.165) is 23.3 Å². The van der Waals surface area contributed by atoms with Gasteiger partial charge in [-0.05, 0) is 23.8 Å². The van der Waals surface area contributed by atoms with Gasteiger partial charge < -0.3 is 4.74 Å². The summed E-state index contributed by atoms with van der Waals surface area (Å²) in [5, 5.41) is 0. The summed E-state index contributed by atoms with van der Waals surface area (Å²) in [5.74, 6) is 6.95. The Balaban J connectivity index is 1.96. The molecule has 0 N–H and O–H groups in total. The maximum atomic E-state index is 5.76. The lowest BCUT2D eigenvalue weighted by Gasteiger charge is -2.07. The largest absolute Gasteiger partial charge is 0.492 e. The molecule has 0 amide bonds. The molecule has 0 bridgehead atoms. The first-order valence-corrected chi connectivity index (χ1v) is 6.59. The Morgan fingerprint density at radius 1 is 1.16 bits per heavy atom. The second-order valence-electron chi connectivity index (χ2n) is 3.89. The average molecular weight is 272 g/mol. The van der Waals surface area contributed by atoms with Gasteiger partial charge in [-0.15, -0.1) is 11.6 Å². The summed E-state index contributed by atoms with van der Waals surface area (Å²) in [6, 6.07) is 11.7. The van der Waals surface area contributed by atoms with E-state index >= 15 is 0 Å². The second-order valence-corrected chi connectivity index (χ2v) is 4.16. The zero-order valence-corrected chi connectivity index (χ0v) is 11.2. The van der Waals surface area contributed by atoms with Crippen LogP contribution in [0.5, 0.6) is 5.75 Å². The number of ether oxygens (including phenoxy) is 1. The first-order chi connectivity index (χ1) is 9.40. The smallest absolute Gasteiger partial charge is 0.134 e. The Morgan fingerprint density at radius 3 is 2.84 bits per heavy atom. The van der Waals surface area contributed by atoms with E-state index in [1.54, 1.807) is 6.20 Å². The molecule has 0 aliphatic rings. The molecule has 2 nitrogen and oxygen atoms in total. The minimum absolute atomic E-state index is 0.323. The predicted molar refractivity (Wildman–Crippen MR) is 77.5 cm³/mol. The molecule has 0 radical (unpaired) electrons. The van der Waals surface area contributed by atoms with E-state index in [1.807, 2.05) is 42.6 Å². The van der Waals surface area contributed by atoms with Crippen molar-refractivity contribution < 1.29 is 4.74 Å². The number of pyridine rings is 1. The van der Waals surface area contributed by atoms with Crippen LogP contribution in [-0.2, 0) is 6.42 Å². The summed E-state index contributed by atoms with van der Waals surface area (Å²) in [4.78, 5) is 4.08. The number of rotatable bonds is 4. The van der Waals surface area contributed by atoms with E-state index in [-0.39, 0.29) is 0 Å². The van der Waals surface area contributed by atoms with Crippen LogP contribution in [-0.4, -0.2) is 17.5 Å². The molecule has 0 aliphatic heterocycles. The van der Waals surface area contributed by atoms with Crippen molar-refractivity contribution in [2.75, 3.05) is 12.5 Å². The van der Waals surface area contributed by atoms with Gasteiger partial charge in [-0.1, -0.05) is 30.0 Å². The maximum absolute atomic E-state index is 5.76. The van der Waals surface area contributed by atoms with Crippen LogP contribution in [0.3, 0.4) is 0 Å². The third-order valence-electron chi connectivity index (χ3n) is 2.55. The second kappa shape index (κ2) is 7.45. The summed E-state index contributed by atoms with van der Waals surface area (Å²) >= 11 is 5.57. The van der Waals surface area contributed by atoms with Crippen LogP contribution in [0, 0.1) is 11.8 Å². The molecule has 19 heavy (non-hydrogen) atoms. The fourth-order valence-electron chi connectivity index (χ4n) is 1.65. The molecule has 0 atom stereocenters. The van der Waals surface area contributed by atoms with Crippen LogP contribution in [0.15, 0.2) is 48.8 Å². The summed E-state index contributed by atoms with van der Waals surface area (Å²) in [5.41, 5.74) is 2.03. The monoisotopic (exact) mass is 271 g/mol. The average Bonchev–Trinajstić information content (AvgIpc) is 2.47. The maximum Gasteiger partial charge on any atom is 0.134 e. The molecule has 0 aliphatic carbocycles. The summed E-state index contributed by atoms with van der Waals surface area (Å²) in [6.07, 6.45) is 4.44. The molecule has 0 unspecified atom stereocenters. The first-order valence-electron chi connectivity index (χ1n) is 6.05. The van der Waals surface area contributed by atoms with Gasteiger partial charge >= 0.3 is 0 Å². The van der Waals surface area contributed by atoms with Crippen LogP contribution in [0.4, 0.5) is 0 Å². The van der Waals surface area contributed by atoms with E-state index in [4.69, 9.17) is 16.3 Å². The first kappa shape index (κ1) is 13.5. The highest BCUT2D eigenvalue weighted by molar-refractivity contribution is 6.19. The fraction of sp³-hybridized carbons (Fsp3) is 0.188. The Morgan fingerprint density at radius 2 is 2.05 bits per heavy atom. The Kier molecular flexibility index (Phi) is 5.28. The normalized spacial score (nSPS) is 9.53. The quantitative estimate of drug-likeness (QED) is 0.629. The van der Waals surface area contributed by atoms with Crippen molar-refractivity contribution in [1.82, 2.24) is 4.98 Å². The number of hydrogen-bond donors (Lipinski definition) is 0. The standard InChI is InChI=1S/C16H14ClNO/c17-10-3-7-15-6-1-2-8-16(15)19-12-9-14-5-4-11-18-13-14/h1-2,4-6,8,11,13H,9-10,12H2. The zero-order valence-electron chi connectivity index (χ0n) is 10.5. The summed E-state index contributed by atoms with van der Waals surface area (Å²) in [6.45, 7) is 0.602. The Hall–Kier alpha value is -1.98. The van der Waals surface area contributed by atoms with Crippen molar-refractivity contribution in [3.63, 3.8) is 0 Å². The van der Waals surface area contributed by atoms with E-state index in [1.165, 1.54) is 0 Å². The molecule has 0 saturated carbocycles. The summed E-state index contributed by atoms with van der Waals surface area (Å²) < 4.78 is 5.76. The van der Waals surface area contributed by atoms with Gasteiger partial charge in [0, 0.05) is 18.8 Å². The lowest BCUT2D eigenvalue weighted by molar-refractivity contribution is 0.321. The van der Waals surface area contributed by atoms with Gasteiger partial charge in [0.25, 0.3) is 0 Å². The van der Waals surface area contributed by atoms with Gasteiger partial charge in [-0.2, -0.15) is 0 Å². The molecule has 2 rings (SSSR count). The number of halogens is 1. The van der Waals surface area contributed by atoms with Crippen LogP contribution in [0.1, 0.15) is 11.1 Å². The molecular formula is C16H14ClNO.